The number of hydrogen-bond donors (Lipinski definition) is 2. The first-order chi connectivity index (χ1) is 9.30. The van der Waals surface area contributed by atoms with Crippen molar-refractivity contribution in [3.8, 4) is 0 Å². The Morgan fingerprint density at radius 1 is 1.20 bits per heavy atom. The second-order valence-corrected chi connectivity index (χ2v) is 5.49. The van der Waals surface area contributed by atoms with Gasteiger partial charge in [-0.1, -0.05) is 33.1 Å². The molecule has 1 rings (SSSR count). The molecule has 2 N–H and O–H groups in total. The lowest BCUT2D eigenvalue weighted by molar-refractivity contribution is 0.342. The summed E-state index contributed by atoms with van der Waals surface area (Å²) in [6.07, 6.45) is 6.50. The van der Waals surface area contributed by atoms with E-state index in [0.717, 1.165) is 25.0 Å². The van der Waals surface area contributed by atoms with E-state index in [1.165, 1.54) is 51.7 Å². The van der Waals surface area contributed by atoms with E-state index in [0.29, 0.717) is 0 Å². The van der Waals surface area contributed by atoms with Gasteiger partial charge < -0.3 is 15.5 Å². The lowest BCUT2D eigenvalue weighted by Crippen LogP contribution is -2.40. The average Bonchev–Trinajstić information content (AvgIpc) is 2.90. The first kappa shape index (κ1) is 20.0. The molecule has 1 unspecified atom stereocenters. The number of guanidine groups is 1. The van der Waals surface area contributed by atoms with Crippen LogP contribution in [0.2, 0.25) is 0 Å². The SMILES string of the molecule is CCCCCCNC(=NC)NCC1CCN(CC)C1.I. The largest absolute Gasteiger partial charge is 0.356 e. The van der Waals surface area contributed by atoms with Gasteiger partial charge in [0, 0.05) is 26.7 Å². The molecule has 1 atom stereocenters. The number of hydrogen-bond acceptors (Lipinski definition) is 2. The fourth-order valence-corrected chi connectivity index (χ4v) is 2.59. The molecule has 0 amide bonds. The lowest BCUT2D eigenvalue weighted by atomic mass is 10.1. The zero-order valence-corrected chi connectivity index (χ0v) is 15.8. The molecule has 1 fully saturated rings. The van der Waals surface area contributed by atoms with E-state index in [2.05, 4.69) is 34.4 Å². The summed E-state index contributed by atoms with van der Waals surface area (Å²) in [4.78, 5) is 6.81. The molecule has 4 nitrogen and oxygen atoms in total. The van der Waals surface area contributed by atoms with Crippen LogP contribution in [-0.4, -0.2) is 50.6 Å². The number of nitrogens with zero attached hydrogens (tertiary/aromatic N) is 2. The third-order valence-corrected chi connectivity index (χ3v) is 3.92. The van der Waals surface area contributed by atoms with Crippen LogP contribution in [0.25, 0.3) is 0 Å². The third kappa shape index (κ3) is 8.29. The van der Waals surface area contributed by atoms with Crippen molar-refractivity contribution in [3.05, 3.63) is 0 Å². The van der Waals surface area contributed by atoms with Gasteiger partial charge in [0.25, 0.3) is 0 Å². The molecule has 0 aliphatic carbocycles. The number of unbranched alkanes of at least 4 members (excludes halogenated alkanes) is 3. The van der Waals surface area contributed by atoms with Crippen molar-refractivity contribution in [2.45, 2.75) is 46.0 Å². The van der Waals surface area contributed by atoms with Crippen molar-refractivity contribution in [2.24, 2.45) is 10.9 Å². The van der Waals surface area contributed by atoms with Crippen LogP contribution >= 0.6 is 24.0 Å². The fourth-order valence-electron chi connectivity index (χ4n) is 2.59. The first-order valence-electron chi connectivity index (χ1n) is 7.97. The van der Waals surface area contributed by atoms with Gasteiger partial charge in [-0.05, 0) is 31.8 Å². The number of aliphatic imine (C=N–C) groups is 1. The molecule has 0 saturated carbocycles. The van der Waals surface area contributed by atoms with E-state index in [1.807, 2.05) is 7.05 Å². The molecule has 0 aromatic carbocycles. The van der Waals surface area contributed by atoms with Crippen molar-refractivity contribution in [2.75, 3.05) is 39.8 Å². The van der Waals surface area contributed by atoms with Crippen LogP contribution in [0.4, 0.5) is 0 Å². The Kier molecular flexibility index (Phi) is 12.7. The summed E-state index contributed by atoms with van der Waals surface area (Å²) < 4.78 is 0. The highest BCUT2D eigenvalue weighted by atomic mass is 127. The third-order valence-electron chi connectivity index (χ3n) is 3.92. The van der Waals surface area contributed by atoms with Crippen LogP contribution in [0.5, 0.6) is 0 Å². The molecular formula is C15H33IN4. The molecule has 0 radical (unpaired) electrons. The second-order valence-electron chi connectivity index (χ2n) is 5.49. The van der Waals surface area contributed by atoms with Crippen LogP contribution in [0.3, 0.4) is 0 Å². The van der Waals surface area contributed by atoms with Gasteiger partial charge in [-0.3, -0.25) is 4.99 Å². The van der Waals surface area contributed by atoms with Crippen molar-refractivity contribution in [1.29, 1.82) is 0 Å². The summed E-state index contributed by atoms with van der Waals surface area (Å²) in [6.45, 7) is 10.2. The summed E-state index contributed by atoms with van der Waals surface area (Å²) >= 11 is 0. The molecule has 20 heavy (non-hydrogen) atoms. The number of rotatable bonds is 8. The summed E-state index contributed by atoms with van der Waals surface area (Å²) in [5.41, 5.74) is 0. The van der Waals surface area contributed by atoms with E-state index in [1.54, 1.807) is 0 Å². The smallest absolute Gasteiger partial charge is 0.190 e. The van der Waals surface area contributed by atoms with Crippen LogP contribution < -0.4 is 10.6 Å². The monoisotopic (exact) mass is 396 g/mol. The minimum Gasteiger partial charge on any atom is -0.356 e. The summed E-state index contributed by atoms with van der Waals surface area (Å²) in [6, 6.07) is 0. The molecule has 1 heterocycles. The molecule has 0 aromatic heterocycles. The lowest BCUT2D eigenvalue weighted by Gasteiger charge is -2.16. The Balaban J connectivity index is 0.00000361. The summed E-state index contributed by atoms with van der Waals surface area (Å²) in [5.74, 6) is 1.74. The van der Waals surface area contributed by atoms with Crippen LogP contribution in [-0.2, 0) is 0 Å². The van der Waals surface area contributed by atoms with Crippen molar-refractivity contribution < 1.29 is 0 Å². The van der Waals surface area contributed by atoms with E-state index in [9.17, 15) is 0 Å². The van der Waals surface area contributed by atoms with Gasteiger partial charge in [0.1, 0.15) is 0 Å². The number of halogens is 1. The van der Waals surface area contributed by atoms with Gasteiger partial charge in [-0.25, -0.2) is 0 Å². The van der Waals surface area contributed by atoms with E-state index in [4.69, 9.17) is 0 Å². The molecule has 0 bridgehead atoms. The Hall–Kier alpha value is -0.0400. The molecule has 1 aliphatic rings. The number of nitrogens with one attached hydrogen (secondary N) is 2. The molecule has 0 spiro atoms. The maximum Gasteiger partial charge on any atom is 0.190 e. The normalized spacial score (nSPS) is 19.8. The highest BCUT2D eigenvalue weighted by Crippen LogP contribution is 2.14. The molecule has 0 aromatic rings. The maximum absolute atomic E-state index is 4.29. The van der Waals surface area contributed by atoms with Crippen LogP contribution in [0.1, 0.15) is 46.0 Å². The standard InChI is InChI=1S/C15H32N4.HI/c1-4-6-7-8-10-17-15(16-3)18-12-14-9-11-19(5-2)13-14;/h14H,4-13H2,1-3H3,(H2,16,17,18);1H. The quantitative estimate of drug-likeness (QED) is 0.287. The summed E-state index contributed by atoms with van der Waals surface area (Å²) in [5, 5.41) is 6.86. The predicted octanol–water partition coefficient (Wildman–Crippen LogP) is 2.69. The van der Waals surface area contributed by atoms with Crippen molar-refractivity contribution in [3.63, 3.8) is 0 Å². The maximum atomic E-state index is 4.29. The zero-order valence-electron chi connectivity index (χ0n) is 13.5. The molecular weight excluding hydrogens is 363 g/mol. The Morgan fingerprint density at radius 3 is 2.60 bits per heavy atom. The fraction of sp³-hybridized carbons (Fsp3) is 0.933. The molecule has 1 saturated heterocycles. The van der Waals surface area contributed by atoms with Gasteiger partial charge in [-0.2, -0.15) is 0 Å². The molecule has 5 heteroatoms. The van der Waals surface area contributed by atoms with Crippen molar-refractivity contribution >= 4 is 29.9 Å². The van der Waals surface area contributed by atoms with Gasteiger partial charge in [-0.15, -0.1) is 24.0 Å². The van der Waals surface area contributed by atoms with E-state index >= 15 is 0 Å². The van der Waals surface area contributed by atoms with E-state index < -0.39 is 0 Å². The molecule has 120 valence electrons. The highest BCUT2D eigenvalue weighted by molar-refractivity contribution is 14.0. The predicted molar refractivity (Wildman–Crippen MR) is 99.1 cm³/mol. The summed E-state index contributed by atoms with van der Waals surface area (Å²) in [7, 11) is 1.86. The van der Waals surface area contributed by atoms with Gasteiger partial charge >= 0.3 is 0 Å². The first-order valence-corrected chi connectivity index (χ1v) is 7.97. The van der Waals surface area contributed by atoms with Crippen LogP contribution in [0, 0.1) is 5.92 Å². The van der Waals surface area contributed by atoms with Gasteiger partial charge in [0.15, 0.2) is 5.96 Å². The van der Waals surface area contributed by atoms with Crippen LogP contribution in [0.15, 0.2) is 4.99 Å². The Labute approximate surface area is 142 Å². The minimum atomic E-state index is 0. The van der Waals surface area contributed by atoms with Gasteiger partial charge in [0.2, 0.25) is 0 Å². The van der Waals surface area contributed by atoms with Gasteiger partial charge in [0.05, 0.1) is 0 Å². The molecule has 1 aliphatic heterocycles. The van der Waals surface area contributed by atoms with E-state index in [-0.39, 0.29) is 24.0 Å². The zero-order chi connectivity index (χ0) is 13.9. The highest BCUT2D eigenvalue weighted by Gasteiger charge is 2.20. The average molecular weight is 396 g/mol. The topological polar surface area (TPSA) is 39.7 Å². The minimum absolute atomic E-state index is 0. The number of likely N-dealkylation sites (tertiary alicyclic amines) is 1. The Bertz CT molecular complexity index is 258. The van der Waals surface area contributed by atoms with Crippen molar-refractivity contribution in [1.82, 2.24) is 15.5 Å². The second kappa shape index (κ2) is 12.7. The Morgan fingerprint density at radius 2 is 2.00 bits per heavy atom.